The van der Waals surface area contributed by atoms with E-state index < -0.39 is 0 Å². The Bertz CT molecular complexity index is 354. The first-order valence-electron chi connectivity index (χ1n) is 6.54. The van der Waals surface area contributed by atoms with E-state index >= 15 is 0 Å². The van der Waals surface area contributed by atoms with Gasteiger partial charge >= 0.3 is 0 Å². The average Bonchev–Trinajstić information content (AvgIpc) is 2.63. The maximum atomic E-state index is 5.53. The molecule has 0 aliphatic carbocycles. The number of hydrogen-bond donors (Lipinski definition) is 0. The van der Waals surface area contributed by atoms with Crippen molar-refractivity contribution in [1.29, 1.82) is 0 Å². The van der Waals surface area contributed by atoms with Gasteiger partial charge in [-0.25, -0.2) is 0 Å². The highest BCUT2D eigenvalue weighted by Crippen LogP contribution is 2.37. The third kappa shape index (κ3) is 2.22. The normalized spacial score (nSPS) is 32.9. The molecule has 1 aromatic heterocycles. The molecule has 17 heavy (non-hydrogen) atoms. The number of methoxy groups -OCH3 is 1. The van der Waals surface area contributed by atoms with Crippen LogP contribution in [0.4, 0.5) is 0 Å². The summed E-state index contributed by atoms with van der Waals surface area (Å²) in [5, 5.41) is 0. The number of nitrogens with zero attached hydrogens (tertiary/aromatic N) is 2. The standard InChI is InChI=1S/C14H20N2O/c1-17-14-8-12-2-3-13(9-14)16(12)10-11-4-6-15-7-5-11/h4-7,12-14H,2-3,8-10H2,1H3. The number of rotatable bonds is 3. The third-order valence-corrected chi connectivity index (χ3v) is 4.29. The Kier molecular flexibility index (Phi) is 3.12. The van der Waals surface area contributed by atoms with Crippen LogP contribution in [0.25, 0.3) is 0 Å². The molecule has 0 N–H and O–H groups in total. The summed E-state index contributed by atoms with van der Waals surface area (Å²) in [4.78, 5) is 6.75. The molecule has 3 heteroatoms. The summed E-state index contributed by atoms with van der Waals surface area (Å²) in [5.74, 6) is 0. The van der Waals surface area contributed by atoms with E-state index in [1.807, 2.05) is 19.5 Å². The Balaban J connectivity index is 1.69. The van der Waals surface area contributed by atoms with Crippen molar-refractivity contribution in [3.8, 4) is 0 Å². The smallest absolute Gasteiger partial charge is 0.0601 e. The van der Waals surface area contributed by atoms with E-state index in [1.165, 1.54) is 31.2 Å². The Morgan fingerprint density at radius 3 is 2.47 bits per heavy atom. The summed E-state index contributed by atoms with van der Waals surface area (Å²) in [5.41, 5.74) is 1.38. The molecule has 2 fully saturated rings. The van der Waals surface area contributed by atoms with E-state index in [2.05, 4.69) is 22.0 Å². The first-order chi connectivity index (χ1) is 8.36. The van der Waals surface area contributed by atoms with Crippen molar-refractivity contribution >= 4 is 0 Å². The fourth-order valence-electron chi connectivity index (χ4n) is 3.37. The van der Waals surface area contributed by atoms with Crippen molar-refractivity contribution in [2.45, 2.75) is 50.4 Å². The van der Waals surface area contributed by atoms with Gasteiger partial charge in [-0.1, -0.05) is 0 Å². The Labute approximate surface area is 103 Å². The Morgan fingerprint density at radius 1 is 1.24 bits per heavy atom. The summed E-state index contributed by atoms with van der Waals surface area (Å²) in [6.45, 7) is 1.08. The molecular formula is C14H20N2O. The second-order valence-electron chi connectivity index (χ2n) is 5.24. The van der Waals surface area contributed by atoms with Crippen LogP contribution < -0.4 is 0 Å². The first kappa shape index (κ1) is 11.2. The molecule has 3 rings (SSSR count). The molecule has 0 aromatic carbocycles. The summed E-state index contributed by atoms with van der Waals surface area (Å²) in [7, 11) is 1.85. The topological polar surface area (TPSA) is 25.4 Å². The van der Waals surface area contributed by atoms with Crippen LogP contribution >= 0.6 is 0 Å². The van der Waals surface area contributed by atoms with Gasteiger partial charge in [-0.2, -0.15) is 0 Å². The van der Waals surface area contributed by atoms with Crippen molar-refractivity contribution in [2.24, 2.45) is 0 Å². The molecule has 2 bridgehead atoms. The number of fused-ring (bicyclic) bond motifs is 2. The van der Waals surface area contributed by atoms with Crippen LogP contribution in [0.1, 0.15) is 31.2 Å². The van der Waals surface area contributed by atoms with Gasteiger partial charge in [0.2, 0.25) is 0 Å². The van der Waals surface area contributed by atoms with E-state index in [0.29, 0.717) is 6.10 Å². The SMILES string of the molecule is COC1CC2CCC(C1)N2Cc1ccncc1. The highest BCUT2D eigenvalue weighted by Gasteiger charge is 2.40. The molecular weight excluding hydrogens is 212 g/mol. The predicted octanol–water partition coefficient (Wildman–Crippen LogP) is 2.22. The summed E-state index contributed by atoms with van der Waals surface area (Å²) >= 11 is 0. The van der Waals surface area contributed by atoms with Gasteiger partial charge in [-0.15, -0.1) is 0 Å². The minimum atomic E-state index is 0.487. The number of ether oxygens (including phenoxy) is 1. The second kappa shape index (κ2) is 4.75. The van der Waals surface area contributed by atoms with Crippen molar-refractivity contribution in [1.82, 2.24) is 9.88 Å². The lowest BCUT2D eigenvalue weighted by Gasteiger charge is -2.38. The summed E-state index contributed by atoms with van der Waals surface area (Å²) in [6.07, 6.45) is 9.36. The van der Waals surface area contributed by atoms with Crippen LogP contribution in [0.5, 0.6) is 0 Å². The lowest BCUT2D eigenvalue weighted by molar-refractivity contribution is 0.00251. The third-order valence-electron chi connectivity index (χ3n) is 4.29. The van der Waals surface area contributed by atoms with Crippen molar-refractivity contribution < 1.29 is 4.74 Å². The molecule has 0 spiro atoms. The zero-order chi connectivity index (χ0) is 11.7. The Hall–Kier alpha value is -0.930. The molecule has 92 valence electrons. The number of piperidine rings is 1. The molecule has 2 saturated heterocycles. The largest absolute Gasteiger partial charge is 0.381 e. The molecule has 0 saturated carbocycles. The zero-order valence-electron chi connectivity index (χ0n) is 10.4. The van der Waals surface area contributed by atoms with E-state index in [0.717, 1.165) is 18.6 Å². The van der Waals surface area contributed by atoms with Crippen molar-refractivity contribution in [3.63, 3.8) is 0 Å². The highest BCUT2D eigenvalue weighted by atomic mass is 16.5. The molecule has 0 radical (unpaired) electrons. The molecule has 3 nitrogen and oxygen atoms in total. The molecule has 2 aliphatic rings. The minimum absolute atomic E-state index is 0.487. The van der Waals surface area contributed by atoms with Gasteiger partial charge in [-0.05, 0) is 43.4 Å². The second-order valence-corrected chi connectivity index (χ2v) is 5.24. The summed E-state index contributed by atoms with van der Waals surface area (Å²) in [6, 6.07) is 5.71. The van der Waals surface area contributed by atoms with Gasteiger partial charge in [0.1, 0.15) is 0 Å². The van der Waals surface area contributed by atoms with Crippen LogP contribution in [0, 0.1) is 0 Å². The van der Waals surface area contributed by atoms with Gasteiger partial charge < -0.3 is 4.74 Å². The van der Waals surface area contributed by atoms with Gasteiger partial charge in [0, 0.05) is 38.1 Å². The minimum Gasteiger partial charge on any atom is -0.381 e. The highest BCUT2D eigenvalue weighted by molar-refractivity contribution is 5.11. The molecule has 2 unspecified atom stereocenters. The monoisotopic (exact) mass is 232 g/mol. The lowest BCUT2D eigenvalue weighted by Crippen LogP contribution is -2.44. The van der Waals surface area contributed by atoms with Crippen LogP contribution in [0.15, 0.2) is 24.5 Å². The van der Waals surface area contributed by atoms with Gasteiger partial charge in [-0.3, -0.25) is 9.88 Å². The predicted molar refractivity (Wildman–Crippen MR) is 66.6 cm³/mol. The average molecular weight is 232 g/mol. The van der Waals surface area contributed by atoms with Gasteiger partial charge in [0.25, 0.3) is 0 Å². The van der Waals surface area contributed by atoms with E-state index in [-0.39, 0.29) is 0 Å². The number of hydrogen-bond acceptors (Lipinski definition) is 3. The summed E-state index contributed by atoms with van der Waals surface area (Å²) < 4.78 is 5.53. The van der Waals surface area contributed by atoms with Crippen LogP contribution in [-0.2, 0) is 11.3 Å². The first-order valence-corrected chi connectivity index (χ1v) is 6.54. The molecule has 2 aliphatic heterocycles. The van der Waals surface area contributed by atoms with Crippen molar-refractivity contribution in [3.05, 3.63) is 30.1 Å². The van der Waals surface area contributed by atoms with Crippen molar-refractivity contribution in [2.75, 3.05) is 7.11 Å². The molecule has 0 amide bonds. The fraction of sp³-hybridized carbons (Fsp3) is 0.643. The fourth-order valence-corrected chi connectivity index (χ4v) is 3.37. The van der Waals surface area contributed by atoms with E-state index in [1.54, 1.807) is 0 Å². The van der Waals surface area contributed by atoms with Gasteiger partial charge in [0.05, 0.1) is 6.10 Å². The maximum absolute atomic E-state index is 5.53. The molecule has 3 heterocycles. The van der Waals surface area contributed by atoms with Crippen LogP contribution in [-0.4, -0.2) is 35.2 Å². The van der Waals surface area contributed by atoms with Gasteiger partial charge in [0.15, 0.2) is 0 Å². The van der Waals surface area contributed by atoms with Crippen LogP contribution in [0.3, 0.4) is 0 Å². The number of pyridine rings is 1. The zero-order valence-corrected chi connectivity index (χ0v) is 10.4. The number of aromatic nitrogens is 1. The molecule has 1 aromatic rings. The van der Waals surface area contributed by atoms with Crippen LogP contribution in [0.2, 0.25) is 0 Å². The van der Waals surface area contributed by atoms with E-state index in [9.17, 15) is 0 Å². The van der Waals surface area contributed by atoms with E-state index in [4.69, 9.17) is 4.74 Å². The Morgan fingerprint density at radius 2 is 1.88 bits per heavy atom. The maximum Gasteiger partial charge on any atom is 0.0601 e. The quantitative estimate of drug-likeness (QED) is 0.799. The lowest BCUT2D eigenvalue weighted by atomic mass is 9.99. The molecule has 2 atom stereocenters.